The van der Waals surface area contributed by atoms with E-state index >= 15 is 0 Å². The lowest BCUT2D eigenvalue weighted by Gasteiger charge is -2.17. The summed E-state index contributed by atoms with van der Waals surface area (Å²) >= 11 is 0. The molecule has 0 spiro atoms. The molecule has 1 heterocycles. The maximum absolute atomic E-state index is 13.6. The van der Waals surface area contributed by atoms with E-state index in [0.717, 1.165) is 18.7 Å². The van der Waals surface area contributed by atoms with Gasteiger partial charge in [0, 0.05) is 18.8 Å². The second-order valence-electron chi connectivity index (χ2n) is 5.67. The molecule has 3 rings (SSSR count). The van der Waals surface area contributed by atoms with Gasteiger partial charge in [-0.3, -0.25) is 4.79 Å². The first-order chi connectivity index (χ1) is 11.2. The van der Waals surface area contributed by atoms with Crippen molar-refractivity contribution in [3.63, 3.8) is 0 Å². The largest absolute Gasteiger partial charge is 0.507 e. The number of anilines is 1. The Morgan fingerprint density at radius 3 is 2.26 bits per heavy atom. The first-order valence-corrected chi connectivity index (χ1v) is 7.68. The monoisotopic (exact) mass is 311 g/mol. The van der Waals surface area contributed by atoms with E-state index in [1.54, 1.807) is 6.08 Å². The van der Waals surface area contributed by atoms with Crippen LogP contribution in [-0.4, -0.2) is 24.5 Å². The number of phenolic OH excluding ortho intramolecular Hbond substituents is 1. The Morgan fingerprint density at radius 2 is 1.65 bits per heavy atom. The Morgan fingerprint density at radius 1 is 1.00 bits per heavy atom. The van der Waals surface area contributed by atoms with Crippen molar-refractivity contribution in [2.45, 2.75) is 12.8 Å². The fourth-order valence-corrected chi connectivity index (χ4v) is 2.80. The third-order valence-electron chi connectivity index (χ3n) is 4.08. The van der Waals surface area contributed by atoms with Crippen LogP contribution in [0.25, 0.3) is 12.2 Å². The first-order valence-electron chi connectivity index (χ1n) is 7.68. The molecule has 0 aromatic heterocycles. The molecule has 3 nitrogen and oxygen atoms in total. The summed E-state index contributed by atoms with van der Waals surface area (Å²) in [6, 6.07) is 10.8. The van der Waals surface area contributed by atoms with Crippen LogP contribution in [0.4, 0.5) is 10.1 Å². The van der Waals surface area contributed by atoms with Gasteiger partial charge < -0.3 is 10.0 Å². The molecular weight excluding hydrogens is 293 g/mol. The maximum Gasteiger partial charge on any atom is 0.156 e. The summed E-state index contributed by atoms with van der Waals surface area (Å²) in [6.45, 7) is 2.22. The van der Waals surface area contributed by atoms with Gasteiger partial charge in [0.1, 0.15) is 11.6 Å². The molecule has 2 aromatic rings. The van der Waals surface area contributed by atoms with Crippen LogP contribution in [-0.2, 0) is 0 Å². The van der Waals surface area contributed by atoms with Gasteiger partial charge in [0.15, 0.2) is 6.29 Å². The Kier molecular flexibility index (Phi) is 4.42. The topological polar surface area (TPSA) is 40.5 Å². The predicted molar refractivity (Wildman–Crippen MR) is 90.3 cm³/mol. The third-order valence-corrected chi connectivity index (χ3v) is 4.08. The summed E-state index contributed by atoms with van der Waals surface area (Å²) in [5, 5.41) is 9.62. The molecule has 23 heavy (non-hydrogen) atoms. The first kappa shape index (κ1) is 15.3. The van der Waals surface area contributed by atoms with Crippen molar-refractivity contribution >= 4 is 24.1 Å². The van der Waals surface area contributed by atoms with E-state index in [1.165, 1.54) is 30.7 Å². The number of rotatable bonds is 4. The van der Waals surface area contributed by atoms with E-state index in [0.29, 0.717) is 11.8 Å². The Labute approximate surface area is 134 Å². The number of carbonyl (C=O) groups excluding carboxylic acids is 1. The maximum atomic E-state index is 13.6. The fraction of sp³-hybridized carbons (Fsp3) is 0.211. The lowest BCUT2D eigenvalue weighted by Crippen LogP contribution is -2.17. The van der Waals surface area contributed by atoms with Gasteiger partial charge in [-0.1, -0.05) is 24.3 Å². The van der Waals surface area contributed by atoms with Gasteiger partial charge in [-0.05, 0) is 48.2 Å². The van der Waals surface area contributed by atoms with Gasteiger partial charge >= 0.3 is 0 Å². The van der Waals surface area contributed by atoms with Gasteiger partial charge in [0.2, 0.25) is 0 Å². The summed E-state index contributed by atoms with van der Waals surface area (Å²) in [5.74, 6) is -1.06. The van der Waals surface area contributed by atoms with Gasteiger partial charge in [-0.25, -0.2) is 4.39 Å². The number of hydrogen-bond donors (Lipinski definition) is 1. The number of nitrogens with zero attached hydrogens (tertiary/aromatic N) is 1. The van der Waals surface area contributed by atoms with Crippen molar-refractivity contribution in [3.05, 3.63) is 58.9 Å². The highest BCUT2D eigenvalue weighted by Gasteiger charge is 2.11. The zero-order valence-corrected chi connectivity index (χ0v) is 12.7. The van der Waals surface area contributed by atoms with Crippen LogP contribution in [0.5, 0.6) is 5.75 Å². The predicted octanol–water partition coefficient (Wildman–Crippen LogP) is 4.11. The van der Waals surface area contributed by atoms with Crippen molar-refractivity contribution in [2.24, 2.45) is 0 Å². The zero-order valence-electron chi connectivity index (χ0n) is 12.7. The average Bonchev–Trinajstić information content (AvgIpc) is 3.08. The van der Waals surface area contributed by atoms with Crippen LogP contribution >= 0.6 is 0 Å². The Hall–Kier alpha value is -2.62. The molecule has 2 aromatic carbocycles. The summed E-state index contributed by atoms with van der Waals surface area (Å²) < 4.78 is 13.6. The molecule has 0 radical (unpaired) electrons. The van der Waals surface area contributed by atoms with Crippen molar-refractivity contribution in [1.29, 1.82) is 0 Å². The molecule has 118 valence electrons. The standard InChI is InChI=1S/C19H18FNO2/c20-18-11-15(12-19(23)17(18)13-22)4-3-14-5-7-16(8-6-14)21-9-1-2-10-21/h3-8,11-13,23H,1-2,9-10H2. The van der Waals surface area contributed by atoms with Crippen molar-refractivity contribution in [3.8, 4) is 5.75 Å². The number of benzene rings is 2. The minimum Gasteiger partial charge on any atom is -0.507 e. The molecule has 0 aliphatic carbocycles. The summed E-state index contributed by atoms with van der Waals surface area (Å²) in [5.41, 5.74) is 2.41. The van der Waals surface area contributed by atoms with Gasteiger partial charge in [0.25, 0.3) is 0 Å². The molecular formula is C19H18FNO2. The van der Waals surface area contributed by atoms with Gasteiger partial charge in [-0.2, -0.15) is 0 Å². The SMILES string of the molecule is O=Cc1c(O)cc(C=Cc2ccc(N3CCCC3)cc2)cc1F. The van der Waals surface area contributed by atoms with Crippen LogP contribution < -0.4 is 4.90 Å². The van der Waals surface area contributed by atoms with Crippen LogP contribution in [0.3, 0.4) is 0 Å². The smallest absolute Gasteiger partial charge is 0.156 e. The van der Waals surface area contributed by atoms with Crippen LogP contribution in [0.2, 0.25) is 0 Å². The minimum atomic E-state index is -0.718. The van der Waals surface area contributed by atoms with E-state index < -0.39 is 5.82 Å². The molecule has 1 N–H and O–H groups in total. The summed E-state index contributed by atoms with van der Waals surface area (Å²) in [7, 11) is 0. The highest BCUT2D eigenvalue weighted by Crippen LogP contribution is 2.23. The normalized spacial score (nSPS) is 14.6. The second kappa shape index (κ2) is 6.65. The van der Waals surface area contributed by atoms with E-state index in [1.807, 2.05) is 18.2 Å². The van der Waals surface area contributed by atoms with E-state index in [2.05, 4.69) is 17.0 Å². The van der Waals surface area contributed by atoms with Crippen LogP contribution in [0, 0.1) is 5.82 Å². The number of phenols is 1. The number of aromatic hydroxyl groups is 1. The van der Waals surface area contributed by atoms with Crippen molar-refractivity contribution < 1.29 is 14.3 Å². The molecule has 1 aliphatic rings. The number of aldehydes is 1. The van der Waals surface area contributed by atoms with E-state index in [-0.39, 0.29) is 11.3 Å². The molecule has 1 saturated heterocycles. The third kappa shape index (κ3) is 3.42. The Balaban J connectivity index is 1.76. The highest BCUT2D eigenvalue weighted by atomic mass is 19.1. The highest BCUT2D eigenvalue weighted by molar-refractivity contribution is 5.81. The molecule has 0 amide bonds. The molecule has 1 aliphatic heterocycles. The quantitative estimate of drug-likeness (QED) is 0.682. The van der Waals surface area contributed by atoms with Crippen LogP contribution in [0.1, 0.15) is 34.3 Å². The molecule has 0 atom stereocenters. The fourth-order valence-electron chi connectivity index (χ4n) is 2.80. The molecule has 0 saturated carbocycles. The number of halogens is 1. The number of carbonyl (C=O) groups is 1. The minimum absolute atomic E-state index is 0.308. The lowest BCUT2D eigenvalue weighted by atomic mass is 10.1. The van der Waals surface area contributed by atoms with Crippen molar-refractivity contribution in [2.75, 3.05) is 18.0 Å². The summed E-state index contributed by atoms with van der Waals surface area (Å²) in [6.07, 6.45) is 6.36. The summed E-state index contributed by atoms with van der Waals surface area (Å²) in [4.78, 5) is 13.0. The Bertz CT molecular complexity index is 709. The molecule has 1 fully saturated rings. The van der Waals surface area contributed by atoms with Crippen LogP contribution in [0.15, 0.2) is 36.4 Å². The lowest BCUT2D eigenvalue weighted by molar-refractivity contribution is 0.111. The zero-order chi connectivity index (χ0) is 16.2. The van der Waals surface area contributed by atoms with Gasteiger partial charge in [-0.15, -0.1) is 0 Å². The van der Waals surface area contributed by atoms with E-state index in [4.69, 9.17) is 0 Å². The molecule has 0 bridgehead atoms. The number of hydrogen-bond acceptors (Lipinski definition) is 3. The second-order valence-corrected chi connectivity index (χ2v) is 5.67. The van der Waals surface area contributed by atoms with Gasteiger partial charge in [0.05, 0.1) is 5.56 Å². The average molecular weight is 311 g/mol. The van der Waals surface area contributed by atoms with Crippen molar-refractivity contribution in [1.82, 2.24) is 0 Å². The van der Waals surface area contributed by atoms with E-state index in [9.17, 15) is 14.3 Å². The molecule has 0 unspecified atom stereocenters. The molecule has 4 heteroatoms.